The van der Waals surface area contributed by atoms with Crippen LogP contribution in [-0.4, -0.2) is 37.7 Å². The van der Waals surface area contributed by atoms with Crippen molar-refractivity contribution in [2.45, 2.75) is 0 Å². The number of aliphatic carboxylic acids is 1. The van der Waals surface area contributed by atoms with Crippen LogP contribution < -0.4 is 20.5 Å². The largest absolute Gasteiger partial charge is 0.497 e. The van der Waals surface area contributed by atoms with Crippen LogP contribution in [0.2, 0.25) is 0 Å². The van der Waals surface area contributed by atoms with Gasteiger partial charge in [-0.05, 0) is 18.2 Å². The summed E-state index contributed by atoms with van der Waals surface area (Å²) >= 11 is 0. The molecule has 0 aliphatic heterocycles. The van der Waals surface area contributed by atoms with Crippen LogP contribution >= 0.6 is 0 Å². The van der Waals surface area contributed by atoms with Gasteiger partial charge in [-0.1, -0.05) is 0 Å². The number of carboxylic acids is 1. The molecule has 0 aromatic heterocycles. The number of primary amides is 1. The third-order valence-electron chi connectivity index (χ3n) is 2.42. The summed E-state index contributed by atoms with van der Waals surface area (Å²) < 4.78 is 10.3. The van der Waals surface area contributed by atoms with E-state index in [0.29, 0.717) is 17.1 Å². The van der Waals surface area contributed by atoms with Gasteiger partial charge in [0.1, 0.15) is 11.5 Å². The van der Waals surface area contributed by atoms with Gasteiger partial charge in [0.25, 0.3) is 0 Å². The fourth-order valence-corrected chi connectivity index (χ4v) is 1.55. The fraction of sp³-hybridized carbons (Fsp3) is 0.231. The van der Waals surface area contributed by atoms with Crippen LogP contribution in [0.5, 0.6) is 11.5 Å². The first-order valence-electron chi connectivity index (χ1n) is 5.67. The van der Waals surface area contributed by atoms with Gasteiger partial charge in [-0.15, -0.1) is 0 Å². The monoisotopic (exact) mass is 280 g/mol. The molecule has 0 radical (unpaired) electrons. The molecule has 1 aromatic rings. The van der Waals surface area contributed by atoms with Crippen molar-refractivity contribution in [3.63, 3.8) is 0 Å². The molecule has 0 heterocycles. The molecular weight excluding hydrogens is 264 g/mol. The molecule has 0 fully saturated rings. The predicted molar refractivity (Wildman–Crippen MR) is 72.4 cm³/mol. The second-order valence-electron chi connectivity index (χ2n) is 3.78. The fourth-order valence-electron chi connectivity index (χ4n) is 1.55. The van der Waals surface area contributed by atoms with Gasteiger partial charge in [0.2, 0.25) is 5.91 Å². The van der Waals surface area contributed by atoms with Crippen LogP contribution in [-0.2, 0) is 9.59 Å². The summed E-state index contributed by atoms with van der Waals surface area (Å²) in [6.45, 7) is -0.195. The molecule has 0 bridgehead atoms. The maximum atomic E-state index is 10.9. The number of benzene rings is 1. The summed E-state index contributed by atoms with van der Waals surface area (Å²) in [5.74, 6) is -0.807. The van der Waals surface area contributed by atoms with Crippen molar-refractivity contribution in [2.24, 2.45) is 5.73 Å². The predicted octanol–water partition coefficient (Wildman–Crippen LogP) is 0.204. The summed E-state index contributed by atoms with van der Waals surface area (Å²) in [6.07, 6.45) is 0.931. The molecule has 0 aliphatic rings. The normalized spacial score (nSPS) is 10.8. The van der Waals surface area contributed by atoms with Crippen LogP contribution in [0.3, 0.4) is 0 Å². The van der Waals surface area contributed by atoms with Crippen molar-refractivity contribution in [3.05, 3.63) is 29.8 Å². The van der Waals surface area contributed by atoms with Gasteiger partial charge in [-0.3, -0.25) is 4.79 Å². The van der Waals surface area contributed by atoms with Crippen LogP contribution in [0.1, 0.15) is 5.56 Å². The van der Waals surface area contributed by atoms with Gasteiger partial charge in [-0.25, -0.2) is 4.79 Å². The molecule has 0 spiro atoms. The maximum Gasteiger partial charge on any atom is 0.330 e. The minimum atomic E-state index is -1.16. The molecular formula is C13H16N2O5. The molecule has 0 saturated carbocycles. The first-order chi connectivity index (χ1) is 9.47. The van der Waals surface area contributed by atoms with E-state index in [4.69, 9.17) is 20.3 Å². The van der Waals surface area contributed by atoms with Gasteiger partial charge in [0, 0.05) is 11.6 Å². The number of ether oxygens (including phenoxy) is 2. The third kappa shape index (κ3) is 4.20. The Morgan fingerprint density at radius 3 is 2.55 bits per heavy atom. The molecule has 7 nitrogen and oxygen atoms in total. The number of hydrogen-bond acceptors (Lipinski definition) is 5. The van der Waals surface area contributed by atoms with Crippen molar-refractivity contribution in [2.75, 3.05) is 20.8 Å². The summed E-state index contributed by atoms with van der Waals surface area (Å²) in [5, 5.41) is 11.6. The van der Waals surface area contributed by atoms with Crippen molar-refractivity contribution in [1.29, 1.82) is 0 Å². The van der Waals surface area contributed by atoms with E-state index in [9.17, 15) is 9.59 Å². The number of nitrogens with one attached hydrogen (secondary N) is 1. The lowest BCUT2D eigenvalue weighted by Crippen LogP contribution is -2.28. The van der Waals surface area contributed by atoms with E-state index in [1.807, 2.05) is 0 Å². The summed E-state index contributed by atoms with van der Waals surface area (Å²) in [6, 6.07) is 4.91. The molecule has 4 N–H and O–H groups in total. The number of carbonyl (C=O) groups excluding carboxylic acids is 1. The Balaban J connectivity index is 3.24. The van der Waals surface area contributed by atoms with Crippen LogP contribution in [0.4, 0.5) is 0 Å². The minimum Gasteiger partial charge on any atom is -0.497 e. The van der Waals surface area contributed by atoms with E-state index >= 15 is 0 Å². The second kappa shape index (κ2) is 7.03. The Labute approximate surface area is 116 Å². The smallest absolute Gasteiger partial charge is 0.330 e. The molecule has 0 aliphatic carbocycles. The topological polar surface area (TPSA) is 111 Å². The van der Waals surface area contributed by atoms with E-state index in [-0.39, 0.29) is 12.2 Å². The van der Waals surface area contributed by atoms with E-state index in [2.05, 4.69) is 5.32 Å². The highest BCUT2D eigenvalue weighted by Crippen LogP contribution is 2.28. The zero-order valence-electron chi connectivity index (χ0n) is 11.2. The van der Waals surface area contributed by atoms with Gasteiger partial charge in [-0.2, -0.15) is 0 Å². The molecule has 0 unspecified atom stereocenters. The number of methoxy groups -OCH3 is 2. The Bertz CT molecular complexity index is 540. The molecule has 1 rings (SSSR count). The van der Waals surface area contributed by atoms with Crippen molar-refractivity contribution in [3.8, 4) is 11.5 Å². The van der Waals surface area contributed by atoms with Crippen molar-refractivity contribution >= 4 is 17.6 Å². The van der Waals surface area contributed by atoms with Gasteiger partial charge < -0.3 is 25.6 Å². The first kappa shape index (κ1) is 15.4. The summed E-state index contributed by atoms with van der Waals surface area (Å²) in [5.41, 5.74) is 5.70. The lowest BCUT2D eigenvalue weighted by molar-refractivity contribution is -0.131. The highest BCUT2D eigenvalue weighted by Gasteiger charge is 2.12. The van der Waals surface area contributed by atoms with E-state index in [1.165, 1.54) is 14.2 Å². The molecule has 7 heteroatoms. The number of carbonyl (C=O) groups is 2. The molecule has 1 amide bonds. The molecule has 108 valence electrons. The Morgan fingerprint density at radius 1 is 1.35 bits per heavy atom. The van der Waals surface area contributed by atoms with E-state index in [0.717, 1.165) is 6.08 Å². The van der Waals surface area contributed by atoms with Crippen molar-refractivity contribution < 1.29 is 24.2 Å². The zero-order chi connectivity index (χ0) is 15.1. The number of amides is 1. The number of rotatable bonds is 7. The number of hydrogen-bond donors (Lipinski definition) is 3. The lowest BCUT2D eigenvalue weighted by Gasteiger charge is -2.14. The summed E-state index contributed by atoms with van der Waals surface area (Å²) in [4.78, 5) is 21.7. The van der Waals surface area contributed by atoms with E-state index in [1.54, 1.807) is 18.2 Å². The van der Waals surface area contributed by atoms with Gasteiger partial charge >= 0.3 is 5.97 Å². The maximum absolute atomic E-state index is 10.9. The quantitative estimate of drug-likeness (QED) is 0.615. The Kier molecular flexibility index (Phi) is 5.40. The average molecular weight is 280 g/mol. The summed E-state index contributed by atoms with van der Waals surface area (Å²) in [7, 11) is 2.95. The highest BCUT2D eigenvalue weighted by atomic mass is 16.5. The standard InChI is InChI=1S/C13H16N2O5/c1-19-8-3-4-11(20-2)9(5-8)10(6-13(17)18)15-7-12(14)16/h3-6,15H,7H2,1-2H3,(H2,14,16)(H,17,18)/b10-6+. The van der Waals surface area contributed by atoms with E-state index < -0.39 is 11.9 Å². The van der Waals surface area contributed by atoms with Crippen LogP contribution in [0.25, 0.3) is 5.70 Å². The van der Waals surface area contributed by atoms with Gasteiger partial charge in [0.05, 0.1) is 26.5 Å². The second-order valence-corrected chi connectivity index (χ2v) is 3.78. The number of nitrogens with two attached hydrogens (primary N) is 1. The molecule has 0 atom stereocenters. The first-order valence-corrected chi connectivity index (χ1v) is 5.67. The SMILES string of the molecule is COc1ccc(OC)c(/C(=C\C(=O)O)NCC(N)=O)c1. The molecule has 0 saturated heterocycles. The molecule has 1 aromatic carbocycles. The Morgan fingerprint density at radius 2 is 2.05 bits per heavy atom. The highest BCUT2D eigenvalue weighted by molar-refractivity contribution is 5.91. The van der Waals surface area contributed by atoms with Crippen molar-refractivity contribution in [1.82, 2.24) is 5.32 Å². The molecule has 20 heavy (non-hydrogen) atoms. The minimum absolute atomic E-state index is 0.195. The number of carboxylic acid groups (broad SMARTS) is 1. The third-order valence-corrected chi connectivity index (χ3v) is 2.42. The van der Waals surface area contributed by atoms with Gasteiger partial charge in [0.15, 0.2) is 0 Å². The lowest BCUT2D eigenvalue weighted by atomic mass is 10.1. The van der Waals surface area contributed by atoms with Crippen LogP contribution in [0.15, 0.2) is 24.3 Å². The Hall–Kier alpha value is -2.70. The average Bonchev–Trinajstić information content (AvgIpc) is 2.42. The van der Waals surface area contributed by atoms with Crippen LogP contribution in [0, 0.1) is 0 Å². The zero-order valence-corrected chi connectivity index (χ0v) is 11.2.